The molecule has 0 saturated carbocycles. The molecule has 0 aliphatic carbocycles. The van der Waals surface area contributed by atoms with Crippen LogP contribution in [0.4, 0.5) is 0 Å². The third-order valence-corrected chi connectivity index (χ3v) is 4.04. The largest absolute Gasteiger partial charge is 0.409 e. The SMILES string of the molecule is CCc1nn(C)c(CN(C)CC(C)C(N)=NO)c1Br. The lowest BCUT2D eigenvalue weighted by atomic mass is 10.1. The summed E-state index contributed by atoms with van der Waals surface area (Å²) in [6.07, 6.45) is 0.901. The molecule has 1 unspecified atom stereocenters. The zero-order valence-corrected chi connectivity index (χ0v) is 13.5. The molecule has 0 spiro atoms. The first-order valence-corrected chi connectivity index (χ1v) is 7.06. The van der Waals surface area contributed by atoms with Gasteiger partial charge in [0.2, 0.25) is 0 Å². The molecule has 0 aromatic carbocycles. The Hall–Kier alpha value is -1.08. The molecule has 19 heavy (non-hydrogen) atoms. The van der Waals surface area contributed by atoms with Crippen LogP contribution in [0.5, 0.6) is 0 Å². The molecule has 0 fully saturated rings. The highest BCUT2D eigenvalue weighted by Crippen LogP contribution is 2.22. The molecule has 7 heteroatoms. The van der Waals surface area contributed by atoms with Crippen LogP contribution in [0.1, 0.15) is 25.2 Å². The van der Waals surface area contributed by atoms with Gasteiger partial charge in [0.15, 0.2) is 0 Å². The molecule has 1 atom stereocenters. The summed E-state index contributed by atoms with van der Waals surface area (Å²) >= 11 is 3.60. The van der Waals surface area contributed by atoms with E-state index in [-0.39, 0.29) is 11.8 Å². The van der Waals surface area contributed by atoms with Crippen LogP contribution in [-0.2, 0) is 20.0 Å². The molecule has 0 bridgehead atoms. The Kier molecular flexibility index (Phi) is 5.81. The van der Waals surface area contributed by atoms with Crippen LogP contribution in [0, 0.1) is 5.92 Å². The summed E-state index contributed by atoms with van der Waals surface area (Å²) in [5.74, 6) is 0.262. The first kappa shape index (κ1) is 16.0. The van der Waals surface area contributed by atoms with Crippen molar-refractivity contribution in [3.8, 4) is 0 Å². The van der Waals surface area contributed by atoms with Crippen LogP contribution in [0.3, 0.4) is 0 Å². The lowest BCUT2D eigenvalue weighted by Gasteiger charge is -2.20. The Morgan fingerprint density at radius 1 is 1.63 bits per heavy atom. The Morgan fingerprint density at radius 2 is 2.26 bits per heavy atom. The molecule has 1 rings (SSSR count). The number of amidine groups is 1. The van der Waals surface area contributed by atoms with Gasteiger partial charge in [-0.15, -0.1) is 0 Å². The second-order valence-corrected chi connectivity index (χ2v) is 5.60. The molecular weight excluding hydrogens is 310 g/mol. The van der Waals surface area contributed by atoms with Gasteiger partial charge in [0.05, 0.1) is 15.9 Å². The quantitative estimate of drug-likeness (QED) is 0.359. The van der Waals surface area contributed by atoms with E-state index in [1.165, 1.54) is 0 Å². The minimum atomic E-state index is 0.00708. The van der Waals surface area contributed by atoms with Crippen molar-refractivity contribution in [2.45, 2.75) is 26.8 Å². The maximum absolute atomic E-state index is 8.65. The van der Waals surface area contributed by atoms with Crippen molar-refractivity contribution in [3.05, 3.63) is 15.9 Å². The standard InChI is InChI=1S/C12H22BrN5O/c1-5-9-11(13)10(18(4)15-9)7-17(3)6-8(2)12(14)16-19/h8,19H,5-7H2,1-4H3,(H2,14,16). The van der Waals surface area contributed by atoms with E-state index >= 15 is 0 Å². The summed E-state index contributed by atoms with van der Waals surface area (Å²) < 4.78 is 2.97. The molecule has 0 saturated heterocycles. The van der Waals surface area contributed by atoms with Crippen molar-refractivity contribution in [3.63, 3.8) is 0 Å². The zero-order chi connectivity index (χ0) is 14.6. The third-order valence-electron chi connectivity index (χ3n) is 3.13. The second kappa shape index (κ2) is 6.91. The van der Waals surface area contributed by atoms with Crippen LogP contribution in [0.2, 0.25) is 0 Å². The predicted molar refractivity (Wildman–Crippen MR) is 79.2 cm³/mol. The van der Waals surface area contributed by atoms with Gasteiger partial charge in [-0.3, -0.25) is 9.58 Å². The topological polar surface area (TPSA) is 79.7 Å². The van der Waals surface area contributed by atoms with E-state index in [0.29, 0.717) is 0 Å². The maximum atomic E-state index is 8.65. The second-order valence-electron chi connectivity index (χ2n) is 4.81. The third kappa shape index (κ3) is 3.94. The fraction of sp³-hybridized carbons (Fsp3) is 0.667. The average molecular weight is 332 g/mol. The van der Waals surface area contributed by atoms with Crippen molar-refractivity contribution in [1.29, 1.82) is 0 Å². The van der Waals surface area contributed by atoms with Crippen LogP contribution >= 0.6 is 15.9 Å². The molecule has 0 amide bonds. The summed E-state index contributed by atoms with van der Waals surface area (Å²) in [6, 6.07) is 0. The van der Waals surface area contributed by atoms with Gasteiger partial charge in [-0.2, -0.15) is 5.10 Å². The number of rotatable bonds is 6. The number of aryl methyl sites for hydroxylation is 2. The van der Waals surface area contributed by atoms with Crippen LogP contribution in [0.15, 0.2) is 9.63 Å². The first-order chi connectivity index (χ1) is 8.90. The van der Waals surface area contributed by atoms with Crippen LogP contribution < -0.4 is 5.73 Å². The number of oxime groups is 1. The zero-order valence-electron chi connectivity index (χ0n) is 11.9. The fourth-order valence-electron chi connectivity index (χ4n) is 1.97. The lowest BCUT2D eigenvalue weighted by Crippen LogP contribution is -2.32. The number of aromatic nitrogens is 2. The molecule has 0 radical (unpaired) electrons. The highest BCUT2D eigenvalue weighted by molar-refractivity contribution is 9.10. The molecule has 1 heterocycles. The van der Waals surface area contributed by atoms with Gasteiger partial charge < -0.3 is 10.9 Å². The molecular formula is C12H22BrN5O. The first-order valence-electron chi connectivity index (χ1n) is 6.26. The monoisotopic (exact) mass is 331 g/mol. The van der Waals surface area contributed by atoms with Gasteiger partial charge in [0.25, 0.3) is 0 Å². The number of nitrogens with two attached hydrogens (primary N) is 1. The predicted octanol–water partition coefficient (Wildman–Crippen LogP) is 1.56. The molecule has 108 valence electrons. The number of hydrogen-bond acceptors (Lipinski definition) is 4. The Bertz CT molecular complexity index is 457. The molecule has 0 aliphatic rings. The van der Waals surface area contributed by atoms with Gasteiger partial charge in [-0.1, -0.05) is 19.0 Å². The highest BCUT2D eigenvalue weighted by Gasteiger charge is 2.16. The van der Waals surface area contributed by atoms with Crippen molar-refractivity contribution in [2.24, 2.45) is 23.9 Å². The molecule has 1 aromatic rings. The van der Waals surface area contributed by atoms with Crippen molar-refractivity contribution >= 4 is 21.8 Å². The Balaban J connectivity index is 2.72. The molecule has 3 N–H and O–H groups in total. The van der Waals surface area contributed by atoms with E-state index in [1.54, 1.807) is 0 Å². The normalized spacial score (nSPS) is 14.1. The summed E-state index contributed by atoms with van der Waals surface area (Å²) in [6.45, 7) is 5.49. The number of nitrogens with zero attached hydrogens (tertiary/aromatic N) is 4. The van der Waals surface area contributed by atoms with Crippen LogP contribution in [-0.4, -0.2) is 39.3 Å². The minimum Gasteiger partial charge on any atom is -0.409 e. The van der Waals surface area contributed by atoms with Gasteiger partial charge in [-0.25, -0.2) is 0 Å². The van der Waals surface area contributed by atoms with Gasteiger partial charge in [0, 0.05) is 26.1 Å². The lowest BCUT2D eigenvalue weighted by molar-refractivity contribution is 0.285. The van der Waals surface area contributed by atoms with Gasteiger partial charge >= 0.3 is 0 Å². The summed E-state index contributed by atoms with van der Waals surface area (Å²) in [4.78, 5) is 2.13. The molecule has 0 aliphatic heterocycles. The number of halogens is 1. The smallest absolute Gasteiger partial charge is 0.143 e. The maximum Gasteiger partial charge on any atom is 0.143 e. The van der Waals surface area contributed by atoms with E-state index in [1.807, 2.05) is 25.7 Å². The van der Waals surface area contributed by atoms with E-state index in [4.69, 9.17) is 10.9 Å². The van der Waals surface area contributed by atoms with E-state index in [9.17, 15) is 0 Å². The van der Waals surface area contributed by atoms with Crippen molar-refractivity contribution < 1.29 is 5.21 Å². The van der Waals surface area contributed by atoms with Gasteiger partial charge in [-0.05, 0) is 29.4 Å². The molecule has 6 nitrogen and oxygen atoms in total. The van der Waals surface area contributed by atoms with Gasteiger partial charge in [0.1, 0.15) is 5.84 Å². The Labute approximate surface area is 122 Å². The number of hydrogen-bond donors (Lipinski definition) is 2. The summed E-state index contributed by atoms with van der Waals surface area (Å²) in [5, 5.41) is 16.2. The molecule has 1 aromatic heterocycles. The summed E-state index contributed by atoms with van der Waals surface area (Å²) in [7, 11) is 3.95. The van der Waals surface area contributed by atoms with Crippen LogP contribution in [0.25, 0.3) is 0 Å². The Morgan fingerprint density at radius 3 is 2.74 bits per heavy atom. The summed E-state index contributed by atoms with van der Waals surface area (Å²) in [5.41, 5.74) is 7.79. The van der Waals surface area contributed by atoms with Crippen molar-refractivity contribution in [2.75, 3.05) is 13.6 Å². The van der Waals surface area contributed by atoms with Crippen molar-refractivity contribution in [1.82, 2.24) is 14.7 Å². The van der Waals surface area contributed by atoms with E-state index in [0.717, 1.165) is 35.4 Å². The average Bonchev–Trinajstić information content (AvgIpc) is 2.64. The fourth-order valence-corrected chi connectivity index (χ4v) is 2.71. The van der Waals surface area contributed by atoms with E-state index < -0.39 is 0 Å². The minimum absolute atomic E-state index is 0.00708. The van der Waals surface area contributed by atoms with E-state index in [2.05, 4.69) is 38.0 Å². The highest BCUT2D eigenvalue weighted by atomic mass is 79.9.